The van der Waals surface area contributed by atoms with Crippen LogP contribution in [0, 0.1) is 0 Å². The minimum absolute atomic E-state index is 0. The highest BCUT2D eigenvalue weighted by atomic mass is 127. The molecular weight excluding hydrogens is 425 g/mol. The number of hydrogen-bond acceptors (Lipinski definition) is 4. The third kappa shape index (κ3) is 7.82. The van der Waals surface area contributed by atoms with E-state index in [1.165, 1.54) is 4.88 Å². The van der Waals surface area contributed by atoms with Crippen molar-refractivity contribution in [2.24, 2.45) is 4.99 Å². The highest BCUT2D eigenvalue weighted by Gasteiger charge is 2.13. The van der Waals surface area contributed by atoms with Gasteiger partial charge in [-0.1, -0.05) is 6.07 Å². The number of hydrogen-bond donors (Lipinski definition) is 2. The van der Waals surface area contributed by atoms with Crippen molar-refractivity contribution in [2.45, 2.75) is 38.3 Å². The summed E-state index contributed by atoms with van der Waals surface area (Å²) in [5, 5.41) is 8.83. The van der Waals surface area contributed by atoms with Crippen molar-refractivity contribution in [1.29, 1.82) is 0 Å². The summed E-state index contributed by atoms with van der Waals surface area (Å²) >= 11 is 1.76. The number of nitrogens with one attached hydrogen (secondary N) is 2. The minimum Gasteiger partial charge on any atom is -0.381 e. The molecule has 0 bridgehead atoms. The lowest BCUT2D eigenvalue weighted by atomic mass is 10.1. The van der Waals surface area contributed by atoms with Crippen molar-refractivity contribution in [2.75, 3.05) is 33.4 Å². The molecule has 7 heteroatoms. The van der Waals surface area contributed by atoms with E-state index in [2.05, 4.69) is 40.1 Å². The predicted octanol–water partition coefficient (Wildman–Crippen LogP) is 3.18. The van der Waals surface area contributed by atoms with Crippen molar-refractivity contribution in [1.82, 2.24) is 10.6 Å². The Balaban J connectivity index is 0.00000264. The summed E-state index contributed by atoms with van der Waals surface area (Å²) in [6, 6.07) is 4.48. The maximum atomic E-state index is 5.86. The fourth-order valence-corrected chi connectivity index (χ4v) is 3.11. The normalized spacial score (nSPS) is 17.4. The molecular formula is C16H28IN3O2S. The Morgan fingerprint density at radius 2 is 2.26 bits per heavy atom. The SMILES string of the molecule is CN=C(NCCCOC1CCOCC1)NC(C)c1cccs1.I. The molecule has 2 N–H and O–H groups in total. The van der Waals surface area contributed by atoms with Gasteiger partial charge in [0.1, 0.15) is 0 Å². The third-order valence-corrected chi connectivity index (χ3v) is 4.74. The first-order valence-corrected chi connectivity index (χ1v) is 8.87. The molecule has 1 saturated heterocycles. The molecule has 2 heterocycles. The van der Waals surface area contributed by atoms with Crippen LogP contribution in [0.1, 0.15) is 37.1 Å². The first-order valence-electron chi connectivity index (χ1n) is 7.99. The molecule has 1 unspecified atom stereocenters. The van der Waals surface area contributed by atoms with E-state index in [1.807, 2.05) is 0 Å². The Labute approximate surface area is 160 Å². The molecule has 2 rings (SSSR count). The van der Waals surface area contributed by atoms with Gasteiger partial charge in [0.25, 0.3) is 0 Å². The molecule has 1 aromatic rings. The molecule has 0 spiro atoms. The monoisotopic (exact) mass is 453 g/mol. The summed E-state index contributed by atoms with van der Waals surface area (Å²) in [4.78, 5) is 5.58. The molecule has 23 heavy (non-hydrogen) atoms. The molecule has 0 amide bonds. The Kier molecular flexibility index (Phi) is 10.8. The van der Waals surface area contributed by atoms with Gasteiger partial charge >= 0.3 is 0 Å². The van der Waals surface area contributed by atoms with Gasteiger partial charge in [-0.3, -0.25) is 4.99 Å². The van der Waals surface area contributed by atoms with Gasteiger partial charge in [-0.2, -0.15) is 0 Å². The molecule has 0 saturated carbocycles. The van der Waals surface area contributed by atoms with E-state index >= 15 is 0 Å². The summed E-state index contributed by atoms with van der Waals surface area (Å²) in [6.45, 7) is 5.46. The number of rotatable bonds is 7. The van der Waals surface area contributed by atoms with E-state index in [1.54, 1.807) is 18.4 Å². The van der Waals surface area contributed by atoms with Crippen LogP contribution in [0.15, 0.2) is 22.5 Å². The summed E-state index contributed by atoms with van der Waals surface area (Å²) in [7, 11) is 1.80. The van der Waals surface area contributed by atoms with Gasteiger partial charge in [0.2, 0.25) is 0 Å². The number of guanidine groups is 1. The largest absolute Gasteiger partial charge is 0.381 e. The highest BCUT2D eigenvalue weighted by Crippen LogP contribution is 2.17. The average Bonchev–Trinajstić information content (AvgIpc) is 3.09. The second-order valence-corrected chi connectivity index (χ2v) is 6.40. The Morgan fingerprint density at radius 3 is 2.91 bits per heavy atom. The molecule has 1 aliphatic rings. The molecule has 5 nitrogen and oxygen atoms in total. The highest BCUT2D eigenvalue weighted by molar-refractivity contribution is 14.0. The fraction of sp³-hybridized carbons (Fsp3) is 0.688. The van der Waals surface area contributed by atoms with E-state index in [0.29, 0.717) is 6.10 Å². The van der Waals surface area contributed by atoms with Gasteiger partial charge < -0.3 is 20.1 Å². The third-order valence-electron chi connectivity index (χ3n) is 3.68. The van der Waals surface area contributed by atoms with E-state index in [-0.39, 0.29) is 30.0 Å². The number of ether oxygens (including phenoxy) is 2. The lowest BCUT2D eigenvalue weighted by Crippen LogP contribution is -2.39. The molecule has 1 aliphatic heterocycles. The van der Waals surface area contributed by atoms with Crippen LogP contribution in [0.4, 0.5) is 0 Å². The number of halogens is 1. The summed E-state index contributed by atoms with van der Waals surface area (Å²) < 4.78 is 11.2. The number of nitrogens with zero attached hydrogens (tertiary/aromatic N) is 1. The number of aliphatic imine (C=N–C) groups is 1. The van der Waals surface area contributed by atoms with Crippen molar-refractivity contribution in [3.8, 4) is 0 Å². The standard InChI is InChI=1S/C16H27N3O2S.HI/c1-13(15-5-3-12-22-15)19-16(17-2)18-8-4-9-21-14-6-10-20-11-7-14;/h3,5,12-14H,4,6-11H2,1-2H3,(H2,17,18,19);1H. The van der Waals surface area contributed by atoms with Gasteiger partial charge in [-0.25, -0.2) is 0 Å². The molecule has 0 aromatic carbocycles. The predicted molar refractivity (Wildman–Crippen MR) is 107 cm³/mol. The molecule has 1 fully saturated rings. The molecule has 0 aliphatic carbocycles. The van der Waals surface area contributed by atoms with Gasteiger partial charge in [-0.05, 0) is 37.6 Å². The van der Waals surface area contributed by atoms with Gasteiger partial charge in [0, 0.05) is 38.3 Å². The Morgan fingerprint density at radius 1 is 1.48 bits per heavy atom. The fourth-order valence-electron chi connectivity index (χ4n) is 2.38. The van der Waals surface area contributed by atoms with Gasteiger partial charge in [-0.15, -0.1) is 35.3 Å². The van der Waals surface area contributed by atoms with Gasteiger partial charge in [0.05, 0.1) is 12.1 Å². The van der Waals surface area contributed by atoms with Crippen molar-refractivity contribution in [3.05, 3.63) is 22.4 Å². The van der Waals surface area contributed by atoms with E-state index < -0.39 is 0 Å². The molecule has 0 radical (unpaired) electrons. The van der Waals surface area contributed by atoms with Crippen LogP contribution in [0.3, 0.4) is 0 Å². The molecule has 132 valence electrons. The molecule has 1 atom stereocenters. The lowest BCUT2D eigenvalue weighted by Gasteiger charge is -2.22. The van der Waals surface area contributed by atoms with Crippen molar-refractivity contribution >= 4 is 41.3 Å². The second kappa shape index (κ2) is 12.0. The van der Waals surface area contributed by atoms with Crippen molar-refractivity contribution < 1.29 is 9.47 Å². The summed E-state index contributed by atoms with van der Waals surface area (Å²) in [6.07, 6.45) is 3.40. The van der Waals surface area contributed by atoms with Gasteiger partial charge in [0.15, 0.2) is 5.96 Å². The zero-order valence-corrected chi connectivity index (χ0v) is 17.1. The lowest BCUT2D eigenvalue weighted by molar-refractivity contribution is -0.0320. The maximum absolute atomic E-state index is 5.86. The van der Waals surface area contributed by atoms with Crippen LogP contribution in [0.25, 0.3) is 0 Å². The zero-order chi connectivity index (χ0) is 15.6. The van der Waals surface area contributed by atoms with Crippen LogP contribution < -0.4 is 10.6 Å². The van der Waals surface area contributed by atoms with Crippen molar-refractivity contribution in [3.63, 3.8) is 0 Å². The average molecular weight is 453 g/mol. The zero-order valence-electron chi connectivity index (χ0n) is 13.9. The second-order valence-electron chi connectivity index (χ2n) is 5.42. The maximum Gasteiger partial charge on any atom is 0.191 e. The minimum atomic E-state index is 0. The Bertz CT molecular complexity index is 437. The van der Waals surface area contributed by atoms with Crippen LogP contribution in [-0.2, 0) is 9.47 Å². The molecule has 1 aromatic heterocycles. The van der Waals surface area contributed by atoms with E-state index in [0.717, 1.165) is 51.6 Å². The smallest absolute Gasteiger partial charge is 0.191 e. The quantitative estimate of drug-likeness (QED) is 0.288. The first-order chi connectivity index (χ1) is 10.8. The van der Waals surface area contributed by atoms with Crippen LogP contribution in [0.2, 0.25) is 0 Å². The van der Waals surface area contributed by atoms with Crippen LogP contribution in [0.5, 0.6) is 0 Å². The number of thiophene rings is 1. The Hall–Kier alpha value is -0.380. The van der Waals surface area contributed by atoms with E-state index in [9.17, 15) is 0 Å². The summed E-state index contributed by atoms with van der Waals surface area (Å²) in [5.74, 6) is 0.840. The topological polar surface area (TPSA) is 54.9 Å². The van der Waals surface area contributed by atoms with E-state index in [4.69, 9.17) is 9.47 Å². The van der Waals surface area contributed by atoms with Crippen LogP contribution in [-0.4, -0.2) is 45.5 Å². The van der Waals surface area contributed by atoms with Crippen LogP contribution >= 0.6 is 35.3 Å². The summed E-state index contributed by atoms with van der Waals surface area (Å²) in [5.41, 5.74) is 0. The first kappa shape index (κ1) is 20.7.